The van der Waals surface area contributed by atoms with Crippen molar-refractivity contribution in [1.82, 2.24) is 4.90 Å². The van der Waals surface area contributed by atoms with Crippen LogP contribution in [0.1, 0.15) is 28.3 Å². The lowest BCUT2D eigenvalue weighted by molar-refractivity contribution is -0.141. The molecule has 7 nitrogen and oxygen atoms in total. The molecule has 2 unspecified atom stereocenters. The van der Waals surface area contributed by atoms with Gasteiger partial charge < -0.3 is 15.3 Å². The van der Waals surface area contributed by atoms with Gasteiger partial charge in [0.05, 0.1) is 29.0 Å². The maximum absolute atomic E-state index is 15.5. The highest BCUT2D eigenvalue weighted by Crippen LogP contribution is 2.49. The summed E-state index contributed by atoms with van der Waals surface area (Å²) in [6.07, 6.45) is -5.85. The Hall–Kier alpha value is -3.67. The first-order valence-corrected chi connectivity index (χ1v) is 13.6. The van der Waals surface area contributed by atoms with Crippen molar-refractivity contribution >= 4 is 52.4 Å². The minimum atomic E-state index is -4.57. The van der Waals surface area contributed by atoms with Crippen LogP contribution in [-0.2, 0) is 9.59 Å². The third kappa shape index (κ3) is 5.81. The highest BCUT2D eigenvalue weighted by molar-refractivity contribution is 6.31. The standard InChI is InChI=1S/C29H23Cl2F4N3O4/c30-16-3-1-4-17(13-16)36-26(39)25-22(19-5-2-6-20(31)24(19)32)23-21(37(25)12-11-29(33,34)35)14-38(27(23)40)18-9-7-15(8-10-18)28(41)42/h1-10,13,21-23,25H,11-12,14H2,(H,36,39)(H,41,42)/t21?,22-,23+,25?/m0/s1. The lowest BCUT2D eigenvalue weighted by atomic mass is 9.81. The molecule has 220 valence electrons. The highest BCUT2D eigenvalue weighted by Gasteiger charge is 2.60. The van der Waals surface area contributed by atoms with Crippen LogP contribution < -0.4 is 10.2 Å². The molecule has 2 fully saturated rings. The summed E-state index contributed by atoms with van der Waals surface area (Å²) in [5.41, 5.74) is 0.501. The van der Waals surface area contributed by atoms with E-state index in [1.807, 2.05) is 0 Å². The maximum Gasteiger partial charge on any atom is 0.390 e. The second-order valence-corrected chi connectivity index (χ2v) is 11.0. The molecule has 4 atom stereocenters. The van der Waals surface area contributed by atoms with Gasteiger partial charge in [0.1, 0.15) is 5.82 Å². The van der Waals surface area contributed by atoms with Gasteiger partial charge in [-0.2, -0.15) is 13.2 Å². The topological polar surface area (TPSA) is 90.0 Å². The van der Waals surface area contributed by atoms with Gasteiger partial charge in [0.2, 0.25) is 11.8 Å². The molecule has 0 spiro atoms. The number of aromatic carboxylic acids is 1. The zero-order chi connectivity index (χ0) is 30.3. The van der Waals surface area contributed by atoms with Crippen molar-refractivity contribution in [2.24, 2.45) is 5.92 Å². The number of nitrogens with one attached hydrogen (secondary N) is 1. The van der Waals surface area contributed by atoms with Crippen LogP contribution >= 0.6 is 23.2 Å². The summed E-state index contributed by atoms with van der Waals surface area (Å²) in [6, 6.07) is 13.4. The third-order valence-electron chi connectivity index (χ3n) is 7.63. The van der Waals surface area contributed by atoms with Crippen molar-refractivity contribution < 1.29 is 37.1 Å². The summed E-state index contributed by atoms with van der Waals surface area (Å²) in [6.45, 7) is -0.733. The van der Waals surface area contributed by atoms with Gasteiger partial charge in [0, 0.05) is 41.4 Å². The SMILES string of the molecule is O=C(O)c1ccc(N2CC3[C@@H](C2=O)[C@H](c2cccc(Cl)c2F)C(C(=O)Nc2cccc(Cl)c2)N3CCC(F)(F)F)cc1. The number of alkyl halides is 3. The number of carbonyl (C=O) groups excluding carboxylic acids is 2. The molecule has 0 aliphatic carbocycles. The molecule has 2 saturated heterocycles. The van der Waals surface area contributed by atoms with Gasteiger partial charge in [-0.15, -0.1) is 0 Å². The normalized spacial score (nSPS) is 22.3. The third-order valence-corrected chi connectivity index (χ3v) is 8.15. The molecule has 0 bridgehead atoms. The number of hydrogen-bond acceptors (Lipinski definition) is 4. The summed E-state index contributed by atoms with van der Waals surface area (Å²) in [7, 11) is 0. The monoisotopic (exact) mass is 623 g/mol. The Labute approximate surface area is 247 Å². The predicted molar refractivity (Wildman–Crippen MR) is 148 cm³/mol. The summed E-state index contributed by atoms with van der Waals surface area (Å²) in [4.78, 5) is 41.7. The molecule has 13 heteroatoms. The Morgan fingerprint density at radius 3 is 2.33 bits per heavy atom. The van der Waals surface area contributed by atoms with Crippen molar-refractivity contribution in [3.05, 3.63) is 93.7 Å². The molecular weight excluding hydrogens is 601 g/mol. The van der Waals surface area contributed by atoms with E-state index in [9.17, 15) is 32.7 Å². The zero-order valence-corrected chi connectivity index (χ0v) is 23.1. The van der Waals surface area contributed by atoms with E-state index in [0.717, 1.165) is 0 Å². The quantitative estimate of drug-likeness (QED) is 0.305. The van der Waals surface area contributed by atoms with Crippen molar-refractivity contribution in [1.29, 1.82) is 0 Å². The highest BCUT2D eigenvalue weighted by atomic mass is 35.5. The largest absolute Gasteiger partial charge is 0.478 e. The van der Waals surface area contributed by atoms with Crippen LogP contribution in [0.25, 0.3) is 0 Å². The van der Waals surface area contributed by atoms with E-state index in [1.165, 1.54) is 58.3 Å². The van der Waals surface area contributed by atoms with Crippen LogP contribution in [0, 0.1) is 11.7 Å². The fourth-order valence-corrected chi connectivity index (χ4v) is 6.24. The molecule has 0 radical (unpaired) electrons. The molecule has 3 aromatic carbocycles. The average molecular weight is 624 g/mol. The molecule has 2 aliphatic rings. The first-order chi connectivity index (χ1) is 19.9. The minimum Gasteiger partial charge on any atom is -0.478 e. The Kier molecular flexibility index (Phi) is 8.19. The molecule has 3 aromatic rings. The number of halogens is 6. The number of nitrogens with zero attached hydrogens (tertiary/aromatic N) is 2. The second-order valence-electron chi connectivity index (χ2n) is 10.1. The lowest BCUT2D eigenvalue weighted by Gasteiger charge is -2.32. The summed E-state index contributed by atoms with van der Waals surface area (Å²) in [5.74, 6) is -5.63. The van der Waals surface area contributed by atoms with E-state index in [2.05, 4.69) is 5.32 Å². The van der Waals surface area contributed by atoms with Crippen LogP contribution in [0.4, 0.5) is 28.9 Å². The first-order valence-electron chi connectivity index (χ1n) is 12.8. The second kappa shape index (κ2) is 11.5. The van der Waals surface area contributed by atoms with Crippen LogP contribution in [0.15, 0.2) is 66.7 Å². The van der Waals surface area contributed by atoms with Crippen LogP contribution in [0.3, 0.4) is 0 Å². The summed E-state index contributed by atoms with van der Waals surface area (Å²) < 4.78 is 56.0. The van der Waals surface area contributed by atoms with E-state index in [4.69, 9.17) is 23.2 Å². The fraction of sp³-hybridized carbons (Fsp3) is 0.276. The van der Waals surface area contributed by atoms with Crippen molar-refractivity contribution in [3.63, 3.8) is 0 Å². The van der Waals surface area contributed by atoms with Crippen molar-refractivity contribution in [2.45, 2.75) is 30.6 Å². The minimum absolute atomic E-state index is 0.0194. The molecule has 2 N–H and O–H groups in total. The number of likely N-dealkylation sites (tertiary alicyclic amines) is 1. The Bertz CT molecular complexity index is 1540. The van der Waals surface area contributed by atoms with E-state index in [0.29, 0.717) is 10.7 Å². The average Bonchev–Trinajstić information content (AvgIpc) is 3.43. The molecule has 0 aromatic heterocycles. The smallest absolute Gasteiger partial charge is 0.390 e. The van der Waals surface area contributed by atoms with Gasteiger partial charge in [-0.1, -0.05) is 41.4 Å². The van der Waals surface area contributed by atoms with E-state index in [-0.39, 0.29) is 28.4 Å². The molecule has 2 aliphatic heterocycles. The molecule has 42 heavy (non-hydrogen) atoms. The predicted octanol–water partition coefficient (Wildman–Crippen LogP) is 6.22. The van der Waals surface area contributed by atoms with Crippen LogP contribution in [0.5, 0.6) is 0 Å². The number of rotatable bonds is 7. The maximum atomic E-state index is 15.5. The van der Waals surface area contributed by atoms with Gasteiger partial charge in [-0.25, -0.2) is 9.18 Å². The molecule has 0 saturated carbocycles. The van der Waals surface area contributed by atoms with Gasteiger partial charge in [-0.3, -0.25) is 14.5 Å². The van der Waals surface area contributed by atoms with Gasteiger partial charge in [0.25, 0.3) is 0 Å². The molecule has 5 rings (SSSR count). The first kappa shape index (κ1) is 29.8. The van der Waals surface area contributed by atoms with Gasteiger partial charge in [0.15, 0.2) is 0 Å². The summed E-state index contributed by atoms with van der Waals surface area (Å²) in [5, 5.41) is 11.9. The lowest BCUT2D eigenvalue weighted by Crippen LogP contribution is -2.48. The number of benzene rings is 3. The molecular formula is C29H23Cl2F4N3O4. The molecule has 2 heterocycles. The zero-order valence-electron chi connectivity index (χ0n) is 21.6. The van der Waals surface area contributed by atoms with Crippen molar-refractivity contribution in [2.75, 3.05) is 23.3 Å². The number of carbonyl (C=O) groups is 3. The van der Waals surface area contributed by atoms with E-state index in [1.54, 1.807) is 18.2 Å². The fourth-order valence-electron chi connectivity index (χ4n) is 5.86. The number of carboxylic acid groups (broad SMARTS) is 1. The number of hydrogen-bond donors (Lipinski definition) is 2. The van der Waals surface area contributed by atoms with Gasteiger partial charge >= 0.3 is 12.1 Å². The molecule has 2 amide bonds. The Balaban J connectivity index is 1.59. The Morgan fingerprint density at radius 1 is 1.00 bits per heavy atom. The number of anilines is 2. The van der Waals surface area contributed by atoms with E-state index < -0.39 is 66.7 Å². The number of fused-ring (bicyclic) bond motifs is 1. The summed E-state index contributed by atoms with van der Waals surface area (Å²) >= 11 is 12.1. The number of carboxylic acids is 1. The van der Waals surface area contributed by atoms with Gasteiger partial charge in [-0.05, 0) is 54.1 Å². The van der Waals surface area contributed by atoms with E-state index >= 15 is 4.39 Å². The Morgan fingerprint density at radius 2 is 1.69 bits per heavy atom. The number of amides is 2. The van der Waals surface area contributed by atoms with Crippen LogP contribution in [-0.4, -0.2) is 59.1 Å². The van der Waals surface area contributed by atoms with Crippen molar-refractivity contribution in [3.8, 4) is 0 Å². The van der Waals surface area contributed by atoms with Crippen LogP contribution in [0.2, 0.25) is 10.0 Å².